The van der Waals surface area contributed by atoms with Crippen molar-refractivity contribution in [1.29, 1.82) is 0 Å². The minimum absolute atomic E-state index is 0.0925. The summed E-state index contributed by atoms with van der Waals surface area (Å²) in [6.45, 7) is 9.20. The van der Waals surface area contributed by atoms with Crippen LogP contribution in [0.15, 0.2) is 30.9 Å². The third kappa shape index (κ3) is 4.78. The Morgan fingerprint density at radius 3 is 2.75 bits per heavy atom. The van der Waals surface area contributed by atoms with Crippen molar-refractivity contribution in [3.8, 4) is 17.6 Å². The average Bonchev–Trinajstić information content (AvgIpc) is 3.42. The molecule has 2 heterocycles. The maximum atomic E-state index is 12.3. The summed E-state index contributed by atoms with van der Waals surface area (Å²) in [7, 11) is 1.61. The summed E-state index contributed by atoms with van der Waals surface area (Å²) < 4.78 is 7.10. The van der Waals surface area contributed by atoms with Crippen LogP contribution in [0.3, 0.4) is 0 Å². The van der Waals surface area contributed by atoms with Gasteiger partial charge in [-0.2, -0.15) is 5.10 Å². The Balaban J connectivity index is 2.04. The second-order valence-corrected chi connectivity index (χ2v) is 7.52. The van der Waals surface area contributed by atoms with E-state index in [0.29, 0.717) is 37.6 Å². The van der Waals surface area contributed by atoms with Crippen molar-refractivity contribution < 1.29 is 14.3 Å². The number of aromatic nitrogens is 2. The van der Waals surface area contributed by atoms with Crippen molar-refractivity contribution in [3.05, 3.63) is 53.2 Å². The number of primary amides is 1. The predicted molar refractivity (Wildman–Crippen MR) is 124 cm³/mol. The molecule has 0 radical (unpaired) electrons. The molecular weight excluding hydrogens is 406 g/mol. The largest absolute Gasteiger partial charge is 0.497 e. The number of rotatable bonds is 7. The molecule has 8 heteroatoms. The molecule has 2 amide bonds. The highest BCUT2D eigenvalue weighted by molar-refractivity contribution is 6.00. The molecule has 1 atom stereocenters. The van der Waals surface area contributed by atoms with Gasteiger partial charge >= 0.3 is 0 Å². The van der Waals surface area contributed by atoms with Gasteiger partial charge in [-0.1, -0.05) is 19.4 Å². The van der Waals surface area contributed by atoms with E-state index in [1.54, 1.807) is 16.7 Å². The first-order valence-electron chi connectivity index (χ1n) is 10.7. The summed E-state index contributed by atoms with van der Waals surface area (Å²) in [4.78, 5) is 26.1. The monoisotopic (exact) mass is 435 g/mol. The standard InChI is InChI=1S/C24H29N5O3/c1-5-16-12-17(14-19(13-16)32-4)8-9-20-22(23(25)31)24(26-7-3)29(27-20)18-10-11-28(15-18)21(30)6-2/h6,12-14,18,26H,2,5,7,10-11,15H2,1,3-4H3,(H2,25,31)/t18-/m0/s1. The molecule has 0 bridgehead atoms. The van der Waals surface area contributed by atoms with Crippen molar-refractivity contribution >= 4 is 17.6 Å². The molecule has 1 aliphatic rings. The number of ether oxygens (including phenoxy) is 1. The highest BCUT2D eigenvalue weighted by Gasteiger charge is 2.31. The molecule has 1 fully saturated rings. The van der Waals surface area contributed by atoms with Crippen molar-refractivity contribution in [2.75, 3.05) is 32.1 Å². The number of amides is 2. The van der Waals surface area contributed by atoms with Crippen LogP contribution in [0.1, 0.15) is 53.5 Å². The Kier molecular flexibility index (Phi) is 7.21. The smallest absolute Gasteiger partial charge is 0.255 e. The van der Waals surface area contributed by atoms with E-state index in [0.717, 1.165) is 23.3 Å². The van der Waals surface area contributed by atoms with Gasteiger partial charge < -0.3 is 20.7 Å². The van der Waals surface area contributed by atoms with E-state index in [-0.39, 0.29) is 17.5 Å². The van der Waals surface area contributed by atoms with Crippen LogP contribution in [0.25, 0.3) is 0 Å². The first kappa shape index (κ1) is 22.9. The Morgan fingerprint density at radius 2 is 2.12 bits per heavy atom. The molecule has 3 N–H and O–H groups in total. The second kappa shape index (κ2) is 10.1. The van der Waals surface area contributed by atoms with Crippen molar-refractivity contribution in [2.24, 2.45) is 5.73 Å². The fourth-order valence-corrected chi connectivity index (χ4v) is 3.81. The topological polar surface area (TPSA) is 102 Å². The number of carbonyl (C=O) groups excluding carboxylic acids is 2. The van der Waals surface area contributed by atoms with E-state index in [1.807, 2.05) is 25.1 Å². The van der Waals surface area contributed by atoms with Crippen molar-refractivity contribution in [3.63, 3.8) is 0 Å². The van der Waals surface area contributed by atoms with E-state index in [2.05, 4.69) is 35.8 Å². The first-order valence-corrected chi connectivity index (χ1v) is 10.7. The Hall–Kier alpha value is -3.73. The summed E-state index contributed by atoms with van der Waals surface area (Å²) in [5.41, 5.74) is 8.14. The fourth-order valence-electron chi connectivity index (χ4n) is 3.81. The molecule has 8 nitrogen and oxygen atoms in total. The first-order chi connectivity index (χ1) is 15.4. The number of methoxy groups -OCH3 is 1. The van der Waals surface area contributed by atoms with Crippen LogP contribution in [0.2, 0.25) is 0 Å². The molecule has 1 aromatic carbocycles. The number of nitrogens with zero attached hydrogens (tertiary/aromatic N) is 3. The van der Waals surface area contributed by atoms with Crippen LogP contribution in [-0.2, 0) is 11.2 Å². The molecular formula is C24H29N5O3. The van der Waals surface area contributed by atoms with Crippen LogP contribution < -0.4 is 15.8 Å². The number of nitrogens with two attached hydrogens (primary N) is 1. The number of aryl methyl sites for hydroxylation is 1. The van der Waals surface area contributed by atoms with Gasteiger partial charge in [-0.25, -0.2) is 4.68 Å². The fraction of sp³-hybridized carbons (Fsp3) is 0.375. The minimum atomic E-state index is -0.603. The molecule has 3 rings (SSSR count). The van der Waals surface area contributed by atoms with Gasteiger partial charge in [-0.3, -0.25) is 9.59 Å². The van der Waals surface area contributed by atoms with Crippen LogP contribution in [0, 0.1) is 11.8 Å². The number of likely N-dealkylation sites (tertiary alicyclic amines) is 1. The zero-order valence-electron chi connectivity index (χ0n) is 18.8. The zero-order chi connectivity index (χ0) is 23.3. The van der Waals surface area contributed by atoms with Gasteiger partial charge in [0.25, 0.3) is 5.91 Å². The lowest BCUT2D eigenvalue weighted by atomic mass is 10.1. The zero-order valence-corrected chi connectivity index (χ0v) is 18.8. The Bertz CT molecular complexity index is 1070. The molecule has 168 valence electrons. The number of benzene rings is 1. The molecule has 1 aliphatic heterocycles. The highest BCUT2D eigenvalue weighted by atomic mass is 16.5. The second-order valence-electron chi connectivity index (χ2n) is 7.52. The third-order valence-electron chi connectivity index (χ3n) is 5.43. The summed E-state index contributed by atoms with van der Waals surface area (Å²) in [5.74, 6) is 6.65. The van der Waals surface area contributed by atoms with Gasteiger partial charge in [0.15, 0.2) is 5.69 Å². The highest BCUT2D eigenvalue weighted by Crippen LogP contribution is 2.29. The minimum Gasteiger partial charge on any atom is -0.497 e. The normalized spacial score (nSPS) is 15.1. The molecule has 32 heavy (non-hydrogen) atoms. The van der Waals surface area contributed by atoms with Gasteiger partial charge in [0.1, 0.15) is 17.1 Å². The van der Waals surface area contributed by atoms with Crippen LogP contribution >= 0.6 is 0 Å². The van der Waals surface area contributed by atoms with Gasteiger partial charge in [0.2, 0.25) is 5.91 Å². The molecule has 1 saturated heterocycles. The molecule has 0 aliphatic carbocycles. The van der Waals surface area contributed by atoms with Crippen LogP contribution in [0.5, 0.6) is 5.75 Å². The lowest BCUT2D eigenvalue weighted by molar-refractivity contribution is -0.125. The van der Waals surface area contributed by atoms with E-state index in [4.69, 9.17) is 10.5 Å². The van der Waals surface area contributed by atoms with E-state index in [9.17, 15) is 9.59 Å². The van der Waals surface area contributed by atoms with Gasteiger partial charge in [-0.15, -0.1) is 0 Å². The van der Waals surface area contributed by atoms with Crippen molar-refractivity contribution in [2.45, 2.75) is 32.7 Å². The lowest BCUT2D eigenvalue weighted by Gasteiger charge is -2.17. The predicted octanol–water partition coefficient (Wildman–Crippen LogP) is 2.34. The Labute approximate surface area is 188 Å². The maximum absolute atomic E-state index is 12.3. The summed E-state index contributed by atoms with van der Waals surface area (Å²) in [6.07, 6.45) is 2.86. The van der Waals surface area contributed by atoms with Gasteiger partial charge in [-0.05, 0) is 55.5 Å². The molecule has 0 unspecified atom stereocenters. The van der Waals surface area contributed by atoms with E-state index in [1.165, 1.54) is 6.08 Å². The average molecular weight is 436 g/mol. The SMILES string of the molecule is C=CC(=O)N1CC[C@H](n2nc(C#Cc3cc(CC)cc(OC)c3)c(C(N)=O)c2NCC)C1. The van der Waals surface area contributed by atoms with Crippen molar-refractivity contribution in [1.82, 2.24) is 14.7 Å². The van der Waals surface area contributed by atoms with E-state index < -0.39 is 5.91 Å². The number of carbonyl (C=O) groups is 2. The summed E-state index contributed by atoms with van der Waals surface area (Å²) >= 11 is 0. The molecule has 0 spiro atoms. The van der Waals surface area contributed by atoms with Gasteiger partial charge in [0.05, 0.1) is 13.2 Å². The summed E-state index contributed by atoms with van der Waals surface area (Å²) in [5, 5.41) is 7.84. The lowest BCUT2D eigenvalue weighted by Crippen LogP contribution is -2.27. The van der Waals surface area contributed by atoms with E-state index >= 15 is 0 Å². The number of nitrogens with one attached hydrogen (secondary N) is 1. The van der Waals surface area contributed by atoms with Crippen LogP contribution in [0.4, 0.5) is 5.82 Å². The molecule has 1 aromatic heterocycles. The number of anilines is 1. The van der Waals surface area contributed by atoms with Crippen LogP contribution in [-0.4, -0.2) is 53.2 Å². The number of hydrogen-bond donors (Lipinski definition) is 2. The number of hydrogen-bond acceptors (Lipinski definition) is 5. The molecule has 0 saturated carbocycles. The summed E-state index contributed by atoms with van der Waals surface area (Å²) in [6, 6.07) is 5.70. The third-order valence-corrected chi connectivity index (χ3v) is 5.43. The quantitative estimate of drug-likeness (QED) is 0.513. The Morgan fingerprint density at radius 1 is 1.34 bits per heavy atom. The maximum Gasteiger partial charge on any atom is 0.255 e. The van der Waals surface area contributed by atoms with Gasteiger partial charge in [0, 0.05) is 25.2 Å². The molecule has 2 aromatic rings.